The Balaban J connectivity index is 2.00. The third-order valence-electron chi connectivity index (χ3n) is 2.54. The van der Waals surface area contributed by atoms with Crippen molar-refractivity contribution in [3.63, 3.8) is 0 Å². The molecule has 0 aliphatic heterocycles. The third kappa shape index (κ3) is 3.78. The standard InChI is InChI=1S/C12H13FN6OS/c1-2-7-19-11(16-17-18-19)15-12(21)14-10(20)8-5-3-4-6-9(8)13/h3-6H,2,7H2,1H3,(H2,14,15,16,18,20,21). The molecule has 2 N–H and O–H groups in total. The maximum atomic E-state index is 13.5. The van der Waals surface area contributed by atoms with E-state index in [1.54, 1.807) is 6.07 Å². The van der Waals surface area contributed by atoms with Crippen LogP contribution in [0.1, 0.15) is 23.7 Å². The number of halogens is 1. The minimum atomic E-state index is -0.639. The van der Waals surface area contributed by atoms with Crippen LogP contribution in [0.3, 0.4) is 0 Å². The summed E-state index contributed by atoms with van der Waals surface area (Å²) < 4.78 is 15.0. The van der Waals surface area contributed by atoms with Crippen molar-refractivity contribution in [1.29, 1.82) is 0 Å². The number of tetrazole rings is 1. The summed E-state index contributed by atoms with van der Waals surface area (Å²) in [5.41, 5.74) is -0.0881. The number of aryl methyl sites for hydroxylation is 1. The molecule has 0 saturated carbocycles. The number of nitrogens with one attached hydrogen (secondary N) is 2. The number of carbonyl (C=O) groups excluding carboxylic acids is 1. The number of hydrogen-bond acceptors (Lipinski definition) is 5. The van der Waals surface area contributed by atoms with E-state index in [1.165, 1.54) is 22.9 Å². The summed E-state index contributed by atoms with van der Waals surface area (Å²) in [6, 6.07) is 5.64. The highest BCUT2D eigenvalue weighted by Crippen LogP contribution is 2.06. The molecular weight excluding hydrogens is 295 g/mol. The molecule has 1 aromatic heterocycles. The highest BCUT2D eigenvalue weighted by Gasteiger charge is 2.13. The Kier molecular flexibility index (Phi) is 4.88. The number of nitrogens with zero attached hydrogens (tertiary/aromatic N) is 4. The zero-order valence-electron chi connectivity index (χ0n) is 11.2. The van der Waals surface area contributed by atoms with Gasteiger partial charge in [-0.3, -0.25) is 15.4 Å². The first kappa shape index (κ1) is 15.0. The minimum Gasteiger partial charge on any atom is -0.300 e. The lowest BCUT2D eigenvalue weighted by molar-refractivity contribution is 0.0974. The number of anilines is 1. The van der Waals surface area contributed by atoms with Gasteiger partial charge in [0.2, 0.25) is 5.95 Å². The lowest BCUT2D eigenvalue weighted by atomic mass is 10.2. The minimum absolute atomic E-state index is 0.00425. The molecule has 1 heterocycles. The number of benzene rings is 1. The van der Waals surface area contributed by atoms with Crippen molar-refractivity contribution in [1.82, 2.24) is 25.5 Å². The first-order valence-electron chi connectivity index (χ1n) is 6.25. The number of aromatic nitrogens is 4. The molecule has 0 radical (unpaired) electrons. The molecule has 2 rings (SSSR count). The van der Waals surface area contributed by atoms with Gasteiger partial charge >= 0.3 is 0 Å². The van der Waals surface area contributed by atoms with Gasteiger partial charge in [-0.05, 0) is 41.2 Å². The van der Waals surface area contributed by atoms with E-state index in [1.807, 2.05) is 6.92 Å². The fraction of sp³-hybridized carbons (Fsp3) is 0.250. The predicted molar refractivity (Wildman–Crippen MR) is 78.2 cm³/mol. The number of amides is 1. The molecule has 2 aromatic rings. The molecule has 7 nitrogen and oxygen atoms in total. The van der Waals surface area contributed by atoms with E-state index >= 15 is 0 Å². The van der Waals surface area contributed by atoms with Crippen molar-refractivity contribution >= 4 is 29.2 Å². The van der Waals surface area contributed by atoms with E-state index in [9.17, 15) is 9.18 Å². The van der Waals surface area contributed by atoms with Crippen LogP contribution in [0.15, 0.2) is 24.3 Å². The van der Waals surface area contributed by atoms with Gasteiger partial charge in [-0.1, -0.05) is 24.2 Å². The molecule has 0 aliphatic rings. The van der Waals surface area contributed by atoms with E-state index in [2.05, 4.69) is 26.2 Å². The molecule has 0 bridgehead atoms. The summed E-state index contributed by atoms with van der Waals surface area (Å²) in [4.78, 5) is 11.9. The van der Waals surface area contributed by atoms with Crippen LogP contribution in [0, 0.1) is 5.82 Å². The van der Waals surface area contributed by atoms with Crippen molar-refractivity contribution in [2.24, 2.45) is 0 Å². The van der Waals surface area contributed by atoms with Gasteiger partial charge in [-0.15, -0.1) is 0 Å². The molecule has 9 heteroatoms. The molecule has 0 atom stereocenters. The Morgan fingerprint density at radius 1 is 1.43 bits per heavy atom. The topological polar surface area (TPSA) is 84.7 Å². The monoisotopic (exact) mass is 308 g/mol. The molecule has 0 fully saturated rings. The van der Waals surface area contributed by atoms with E-state index in [-0.39, 0.29) is 10.7 Å². The largest absolute Gasteiger partial charge is 0.300 e. The van der Waals surface area contributed by atoms with Gasteiger partial charge in [0.05, 0.1) is 5.56 Å². The molecule has 0 spiro atoms. The molecule has 21 heavy (non-hydrogen) atoms. The van der Waals surface area contributed by atoms with Gasteiger partial charge in [0.15, 0.2) is 5.11 Å². The van der Waals surface area contributed by atoms with Crippen molar-refractivity contribution < 1.29 is 9.18 Å². The zero-order valence-corrected chi connectivity index (χ0v) is 12.0. The van der Waals surface area contributed by atoms with Gasteiger partial charge in [0.1, 0.15) is 5.82 Å². The number of rotatable bonds is 4. The fourth-order valence-electron chi connectivity index (χ4n) is 1.61. The van der Waals surface area contributed by atoms with Crippen LogP contribution in [0.25, 0.3) is 0 Å². The Morgan fingerprint density at radius 2 is 2.19 bits per heavy atom. The van der Waals surface area contributed by atoms with Crippen molar-refractivity contribution in [3.8, 4) is 0 Å². The molecular formula is C12H13FN6OS. The Labute approximate surface area is 125 Å². The Morgan fingerprint density at radius 3 is 2.90 bits per heavy atom. The van der Waals surface area contributed by atoms with Crippen LogP contribution in [0.4, 0.5) is 10.3 Å². The smallest absolute Gasteiger partial charge is 0.260 e. The van der Waals surface area contributed by atoms with Crippen LogP contribution in [0.2, 0.25) is 0 Å². The second kappa shape index (κ2) is 6.84. The lowest BCUT2D eigenvalue weighted by Crippen LogP contribution is -2.35. The summed E-state index contributed by atoms with van der Waals surface area (Å²) in [5, 5.41) is 16.1. The van der Waals surface area contributed by atoms with Crippen LogP contribution in [0.5, 0.6) is 0 Å². The van der Waals surface area contributed by atoms with Crippen LogP contribution >= 0.6 is 12.2 Å². The summed E-state index contributed by atoms with van der Waals surface area (Å²) in [6.45, 7) is 2.59. The maximum absolute atomic E-state index is 13.5. The third-order valence-corrected chi connectivity index (χ3v) is 2.74. The highest BCUT2D eigenvalue weighted by atomic mass is 32.1. The van der Waals surface area contributed by atoms with Crippen molar-refractivity contribution in [2.45, 2.75) is 19.9 Å². The Bertz CT molecular complexity index is 659. The van der Waals surface area contributed by atoms with Gasteiger partial charge < -0.3 is 0 Å². The molecule has 1 aromatic carbocycles. The average Bonchev–Trinajstić information content (AvgIpc) is 2.86. The van der Waals surface area contributed by atoms with Crippen molar-refractivity contribution in [2.75, 3.05) is 5.32 Å². The normalized spacial score (nSPS) is 10.2. The molecule has 0 unspecified atom stereocenters. The van der Waals surface area contributed by atoms with E-state index in [0.717, 1.165) is 6.42 Å². The molecule has 0 saturated heterocycles. The van der Waals surface area contributed by atoms with Gasteiger partial charge in [-0.25, -0.2) is 9.07 Å². The van der Waals surface area contributed by atoms with Gasteiger partial charge in [0.25, 0.3) is 5.91 Å². The van der Waals surface area contributed by atoms with Crippen LogP contribution in [-0.4, -0.2) is 31.2 Å². The van der Waals surface area contributed by atoms with Crippen LogP contribution in [-0.2, 0) is 6.54 Å². The Hall–Kier alpha value is -2.42. The van der Waals surface area contributed by atoms with Crippen molar-refractivity contribution in [3.05, 3.63) is 35.6 Å². The van der Waals surface area contributed by atoms with E-state index < -0.39 is 11.7 Å². The fourth-order valence-corrected chi connectivity index (χ4v) is 1.79. The number of carbonyl (C=O) groups is 1. The maximum Gasteiger partial charge on any atom is 0.260 e. The van der Waals surface area contributed by atoms with Gasteiger partial charge in [0, 0.05) is 6.54 Å². The lowest BCUT2D eigenvalue weighted by Gasteiger charge is -2.09. The first-order valence-corrected chi connectivity index (χ1v) is 6.65. The van der Waals surface area contributed by atoms with Gasteiger partial charge in [-0.2, -0.15) is 0 Å². The quantitative estimate of drug-likeness (QED) is 0.829. The van der Waals surface area contributed by atoms with E-state index in [4.69, 9.17) is 12.2 Å². The van der Waals surface area contributed by atoms with E-state index in [0.29, 0.717) is 12.5 Å². The molecule has 0 aliphatic carbocycles. The summed E-state index contributed by atoms with van der Waals surface area (Å²) in [5.74, 6) is -0.940. The summed E-state index contributed by atoms with van der Waals surface area (Å²) in [7, 11) is 0. The zero-order chi connectivity index (χ0) is 15.2. The first-order chi connectivity index (χ1) is 10.1. The highest BCUT2D eigenvalue weighted by molar-refractivity contribution is 7.80. The summed E-state index contributed by atoms with van der Waals surface area (Å²) in [6.07, 6.45) is 0.841. The molecule has 110 valence electrons. The second-order valence-electron chi connectivity index (χ2n) is 4.11. The number of hydrogen-bond donors (Lipinski definition) is 2. The van der Waals surface area contributed by atoms with Crippen LogP contribution < -0.4 is 10.6 Å². The summed E-state index contributed by atoms with van der Waals surface area (Å²) >= 11 is 4.99. The second-order valence-corrected chi connectivity index (χ2v) is 4.52. The average molecular weight is 308 g/mol. The predicted octanol–water partition coefficient (Wildman–Crippen LogP) is 1.35. The molecule has 1 amide bonds. The SMILES string of the molecule is CCCn1nnnc1NC(=S)NC(=O)c1ccccc1F. The number of thiocarbonyl (C=S) groups is 1.